The first kappa shape index (κ1) is 12.5. The van der Waals surface area contributed by atoms with Crippen molar-refractivity contribution in [2.75, 3.05) is 11.9 Å². The summed E-state index contributed by atoms with van der Waals surface area (Å²) in [6.07, 6.45) is 2.64. The van der Waals surface area contributed by atoms with Crippen molar-refractivity contribution >= 4 is 6.01 Å². The van der Waals surface area contributed by atoms with E-state index in [0.717, 1.165) is 24.2 Å². The molecule has 0 atom stereocenters. The van der Waals surface area contributed by atoms with Crippen LogP contribution in [0.4, 0.5) is 6.01 Å². The topological polar surface area (TPSA) is 63.8 Å². The van der Waals surface area contributed by atoms with Gasteiger partial charge in [0.25, 0.3) is 0 Å². The van der Waals surface area contributed by atoms with Gasteiger partial charge in [-0.05, 0) is 24.0 Å². The molecular formula is C13H18N4O. The van der Waals surface area contributed by atoms with E-state index in [4.69, 9.17) is 4.52 Å². The smallest absolute Gasteiger partial charge is 0.321 e. The molecule has 96 valence electrons. The summed E-state index contributed by atoms with van der Waals surface area (Å²) >= 11 is 0. The minimum atomic E-state index is 0.450. The fraction of sp³-hybridized carbons (Fsp3) is 0.462. The molecule has 5 heteroatoms. The third kappa shape index (κ3) is 2.85. The minimum Gasteiger partial charge on any atom is -0.337 e. The van der Waals surface area contributed by atoms with Crippen LogP contribution in [0.15, 0.2) is 22.9 Å². The lowest BCUT2D eigenvalue weighted by Crippen LogP contribution is -2.07. The quantitative estimate of drug-likeness (QED) is 0.878. The molecule has 2 rings (SSSR count). The summed E-state index contributed by atoms with van der Waals surface area (Å²) in [6, 6.07) is 4.40. The van der Waals surface area contributed by atoms with Gasteiger partial charge in [0.05, 0.1) is 0 Å². The molecule has 2 aromatic heterocycles. The second kappa shape index (κ2) is 5.62. The van der Waals surface area contributed by atoms with E-state index in [-0.39, 0.29) is 0 Å². The van der Waals surface area contributed by atoms with Gasteiger partial charge in [0.2, 0.25) is 5.82 Å². The maximum Gasteiger partial charge on any atom is 0.321 e. The van der Waals surface area contributed by atoms with E-state index >= 15 is 0 Å². The predicted octanol–water partition coefficient (Wildman–Crippen LogP) is 2.76. The molecular weight excluding hydrogens is 228 g/mol. The van der Waals surface area contributed by atoms with Crippen LogP contribution in [-0.2, 0) is 6.42 Å². The average molecular weight is 246 g/mol. The summed E-state index contributed by atoms with van der Waals surface area (Å²) in [6.45, 7) is 7.14. The van der Waals surface area contributed by atoms with Crippen LogP contribution >= 0.6 is 0 Å². The van der Waals surface area contributed by atoms with E-state index in [9.17, 15) is 0 Å². The summed E-state index contributed by atoms with van der Waals surface area (Å²) in [4.78, 5) is 8.63. The van der Waals surface area contributed by atoms with Crippen molar-refractivity contribution in [1.82, 2.24) is 15.1 Å². The molecule has 1 N–H and O–H groups in total. The van der Waals surface area contributed by atoms with Gasteiger partial charge in [-0.25, -0.2) is 0 Å². The predicted molar refractivity (Wildman–Crippen MR) is 70.2 cm³/mol. The van der Waals surface area contributed by atoms with E-state index in [0.29, 0.717) is 17.8 Å². The zero-order valence-electron chi connectivity index (χ0n) is 11.0. The van der Waals surface area contributed by atoms with Gasteiger partial charge >= 0.3 is 6.01 Å². The Morgan fingerprint density at radius 3 is 2.94 bits per heavy atom. The molecule has 0 aliphatic heterocycles. The first-order chi connectivity index (χ1) is 8.70. The zero-order valence-corrected chi connectivity index (χ0v) is 11.0. The highest BCUT2D eigenvalue weighted by atomic mass is 16.5. The second-order valence-corrected chi connectivity index (χ2v) is 4.56. The molecule has 0 aromatic carbocycles. The number of anilines is 1. The van der Waals surface area contributed by atoms with Crippen molar-refractivity contribution in [1.29, 1.82) is 0 Å². The Labute approximate surface area is 107 Å². The number of aromatic nitrogens is 3. The molecule has 0 spiro atoms. The van der Waals surface area contributed by atoms with Crippen LogP contribution < -0.4 is 5.32 Å². The normalized spacial score (nSPS) is 10.9. The number of aryl methyl sites for hydroxylation is 1. The van der Waals surface area contributed by atoms with Gasteiger partial charge in [0.15, 0.2) is 0 Å². The molecule has 0 radical (unpaired) electrons. The molecule has 0 saturated heterocycles. The van der Waals surface area contributed by atoms with Gasteiger partial charge in [-0.1, -0.05) is 32.0 Å². The Bertz CT molecular complexity index is 507. The van der Waals surface area contributed by atoms with Crippen LogP contribution in [0.3, 0.4) is 0 Å². The van der Waals surface area contributed by atoms with Crippen LogP contribution in [0, 0.1) is 5.92 Å². The highest BCUT2D eigenvalue weighted by Gasteiger charge is 2.12. The Kier molecular flexibility index (Phi) is 3.92. The highest BCUT2D eigenvalue weighted by Crippen LogP contribution is 2.19. The maximum atomic E-state index is 5.16. The first-order valence-corrected chi connectivity index (χ1v) is 6.22. The maximum absolute atomic E-state index is 5.16. The number of pyridine rings is 1. The summed E-state index contributed by atoms with van der Waals surface area (Å²) in [7, 11) is 0. The van der Waals surface area contributed by atoms with Gasteiger partial charge in [0, 0.05) is 12.7 Å². The lowest BCUT2D eigenvalue weighted by Gasteiger charge is -2.02. The molecule has 2 aromatic rings. The van der Waals surface area contributed by atoms with E-state index < -0.39 is 0 Å². The number of hydrogen-bond donors (Lipinski definition) is 1. The summed E-state index contributed by atoms with van der Waals surface area (Å²) in [5.74, 6) is 1.07. The summed E-state index contributed by atoms with van der Waals surface area (Å²) < 4.78 is 5.16. The van der Waals surface area contributed by atoms with Gasteiger partial charge in [-0.3, -0.25) is 4.98 Å². The van der Waals surface area contributed by atoms with E-state index in [1.165, 1.54) is 0 Å². The Hall–Kier alpha value is -1.91. The molecule has 0 unspecified atom stereocenters. The van der Waals surface area contributed by atoms with Gasteiger partial charge in [-0.15, -0.1) is 0 Å². The molecule has 2 heterocycles. The summed E-state index contributed by atoms with van der Waals surface area (Å²) in [5, 5.41) is 7.07. The first-order valence-electron chi connectivity index (χ1n) is 6.22. The fourth-order valence-corrected chi connectivity index (χ4v) is 1.61. The Morgan fingerprint density at radius 1 is 1.39 bits per heavy atom. The SMILES string of the molecule is CCc1cccnc1-c1noc(NCC(C)C)n1. The highest BCUT2D eigenvalue weighted by molar-refractivity contribution is 5.55. The van der Waals surface area contributed by atoms with Crippen LogP contribution in [0.5, 0.6) is 0 Å². The largest absolute Gasteiger partial charge is 0.337 e. The second-order valence-electron chi connectivity index (χ2n) is 4.56. The third-order valence-electron chi connectivity index (χ3n) is 2.57. The lowest BCUT2D eigenvalue weighted by molar-refractivity contribution is 0.429. The molecule has 18 heavy (non-hydrogen) atoms. The van der Waals surface area contributed by atoms with Gasteiger partial charge < -0.3 is 9.84 Å². The molecule has 0 amide bonds. The van der Waals surface area contributed by atoms with Crippen LogP contribution in [0.1, 0.15) is 26.3 Å². The van der Waals surface area contributed by atoms with Crippen molar-refractivity contribution < 1.29 is 4.52 Å². The monoisotopic (exact) mass is 246 g/mol. The third-order valence-corrected chi connectivity index (χ3v) is 2.57. The van der Waals surface area contributed by atoms with Crippen molar-refractivity contribution in [3.05, 3.63) is 23.9 Å². The fourth-order valence-electron chi connectivity index (χ4n) is 1.61. The zero-order chi connectivity index (χ0) is 13.0. The van der Waals surface area contributed by atoms with Gasteiger partial charge in [0.1, 0.15) is 5.69 Å². The molecule has 5 nitrogen and oxygen atoms in total. The van der Waals surface area contributed by atoms with Crippen molar-refractivity contribution in [2.24, 2.45) is 5.92 Å². The standard InChI is InChI=1S/C13H18N4O/c1-4-10-6-5-7-14-11(10)12-16-13(18-17-12)15-8-9(2)3/h5-7,9H,4,8H2,1-3H3,(H,15,16,17). The van der Waals surface area contributed by atoms with Crippen LogP contribution in [0.2, 0.25) is 0 Å². The molecule has 0 aliphatic rings. The Morgan fingerprint density at radius 2 is 2.22 bits per heavy atom. The van der Waals surface area contributed by atoms with Gasteiger partial charge in [-0.2, -0.15) is 4.98 Å². The molecule has 0 aliphatic carbocycles. The minimum absolute atomic E-state index is 0.450. The number of hydrogen-bond acceptors (Lipinski definition) is 5. The number of nitrogens with one attached hydrogen (secondary N) is 1. The summed E-state index contributed by atoms with van der Waals surface area (Å²) in [5.41, 5.74) is 1.91. The molecule has 0 saturated carbocycles. The van der Waals surface area contributed by atoms with E-state index in [1.54, 1.807) is 6.20 Å². The average Bonchev–Trinajstić information content (AvgIpc) is 2.85. The lowest BCUT2D eigenvalue weighted by atomic mass is 10.1. The number of nitrogens with zero attached hydrogens (tertiary/aromatic N) is 3. The van der Waals surface area contributed by atoms with Crippen LogP contribution in [0.25, 0.3) is 11.5 Å². The van der Waals surface area contributed by atoms with Crippen molar-refractivity contribution in [3.63, 3.8) is 0 Å². The Balaban J connectivity index is 2.18. The van der Waals surface area contributed by atoms with Crippen molar-refractivity contribution in [2.45, 2.75) is 27.2 Å². The van der Waals surface area contributed by atoms with E-state index in [2.05, 4.69) is 41.2 Å². The van der Waals surface area contributed by atoms with E-state index in [1.807, 2.05) is 12.1 Å². The number of rotatable bonds is 5. The molecule has 0 bridgehead atoms. The molecule has 0 fully saturated rings. The van der Waals surface area contributed by atoms with Crippen LogP contribution in [-0.4, -0.2) is 21.7 Å². The van der Waals surface area contributed by atoms with Crippen molar-refractivity contribution in [3.8, 4) is 11.5 Å².